The van der Waals surface area contributed by atoms with Crippen LogP contribution in [0.3, 0.4) is 0 Å². The number of benzene rings is 4. The monoisotopic (exact) mass is 1180 g/mol. The first kappa shape index (κ1) is 64.5. The van der Waals surface area contributed by atoms with E-state index in [1.54, 1.807) is 91.0 Å². The number of amides is 8. The van der Waals surface area contributed by atoms with Crippen molar-refractivity contribution in [2.24, 2.45) is 17.8 Å². The smallest absolute Gasteiger partial charge is 0.251 e. The average molecular weight is 1180 g/mol. The molecule has 7 atom stereocenters. The minimum Gasteiger partial charge on any atom is -0.391 e. The minimum atomic E-state index is -1.05. The highest BCUT2D eigenvalue weighted by atomic mass is 16.3. The molecule has 462 valence electrons. The molecule has 19 nitrogen and oxygen atoms in total. The number of likely N-dealkylation sites (N-methyl/N-ethyl adjacent to an activating group) is 1. The van der Waals surface area contributed by atoms with Crippen molar-refractivity contribution in [2.75, 3.05) is 52.9 Å². The van der Waals surface area contributed by atoms with Gasteiger partial charge < -0.3 is 56.4 Å². The summed E-state index contributed by atoms with van der Waals surface area (Å²) >= 11 is 0. The molecule has 0 spiro atoms. The first-order chi connectivity index (χ1) is 41.5. The predicted molar refractivity (Wildman–Crippen MR) is 328 cm³/mol. The maximum atomic E-state index is 14.6. The van der Waals surface area contributed by atoms with Gasteiger partial charge in [-0.3, -0.25) is 38.4 Å². The molecule has 0 radical (unpaired) electrons. The summed E-state index contributed by atoms with van der Waals surface area (Å²) in [5.74, 6) is -3.38. The molecule has 8 rings (SSSR count). The molecule has 0 bridgehead atoms. The third-order valence-electron chi connectivity index (χ3n) is 18.0. The van der Waals surface area contributed by atoms with Crippen LogP contribution >= 0.6 is 0 Å². The lowest BCUT2D eigenvalue weighted by molar-refractivity contribution is -0.150. The van der Waals surface area contributed by atoms with Gasteiger partial charge in [0.15, 0.2) is 0 Å². The lowest BCUT2D eigenvalue weighted by Crippen LogP contribution is -2.61. The molecular formula is C67H89N9O10. The van der Waals surface area contributed by atoms with E-state index in [0.29, 0.717) is 30.4 Å². The standard InChI is InChI=1S/C67H89N9O10/c1-44(2)61(81)71-60(51-23-15-8-16-24-51)67(86)76-40-36-56(78)65(76)75(38-34-47-19-11-6-12-20-47)58(80)42-70-64(84)53-31-27-49(28-32-53)48-25-29-52(30-26-48)63(83)69-41-57(79)73(37-33-46-17-9-5-10-18-46)43-54-55(77)35-39-74(54)66(85)59(50-21-13-7-14-22-50)72-62(82)45(3)68-4/h5-6,9-12,17-20,25-32,44-45,50-51,54-56,59-60,65,68,77-78H,7-8,13-16,21-24,33-43H2,1-4H3,(H,69,83)(H,70,84)(H,71,81)(H,72,82)/t45-,54+,55-,56-,59-,60-,65?/m0/s1. The first-order valence-corrected chi connectivity index (χ1v) is 31.2. The van der Waals surface area contributed by atoms with E-state index >= 15 is 0 Å². The molecule has 4 aromatic carbocycles. The summed E-state index contributed by atoms with van der Waals surface area (Å²) in [6.45, 7) is 5.51. The van der Waals surface area contributed by atoms with E-state index in [4.69, 9.17) is 0 Å². The maximum absolute atomic E-state index is 14.6. The van der Waals surface area contributed by atoms with Gasteiger partial charge in [0.2, 0.25) is 35.4 Å². The van der Waals surface area contributed by atoms with Gasteiger partial charge in [-0.25, -0.2) is 0 Å². The van der Waals surface area contributed by atoms with Gasteiger partial charge in [-0.2, -0.15) is 0 Å². The molecule has 8 amide bonds. The zero-order valence-corrected chi connectivity index (χ0v) is 50.5. The maximum Gasteiger partial charge on any atom is 0.251 e. The van der Waals surface area contributed by atoms with Crippen LogP contribution in [0.1, 0.15) is 130 Å². The number of carbonyl (C=O) groups is 8. The van der Waals surface area contributed by atoms with Crippen molar-refractivity contribution in [1.82, 2.24) is 46.2 Å². The molecule has 4 aromatic rings. The number of carbonyl (C=O) groups excluding carboxylic acids is 8. The Balaban J connectivity index is 0.890. The molecule has 4 fully saturated rings. The van der Waals surface area contributed by atoms with E-state index in [0.717, 1.165) is 86.5 Å². The van der Waals surface area contributed by atoms with Crippen molar-refractivity contribution in [1.29, 1.82) is 0 Å². The largest absolute Gasteiger partial charge is 0.391 e. The second-order valence-corrected chi connectivity index (χ2v) is 24.1. The van der Waals surface area contributed by atoms with Gasteiger partial charge in [0, 0.05) is 49.8 Å². The molecule has 2 saturated carbocycles. The van der Waals surface area contributed by atoms with Crippen molar-refractivity contribution in [3.63, 3.8) is 0 Å². The number of nitrogens with one attached hydrogen (secondary N) is 5. The van der Waals surface area contributed by atoms with E-state index in [1.807, 2.05) is 60.7 Å². The number of hydrogen-bond acceptors (Lipinski definition) is 11. The summed E-state index contributed by atoms with van der Waals surface area (Å²) in [6, 6.07) is 30.1. The van der Waals surface area contributed by atoms with Crippen LogP contribution in [0.2, 0.25) is 0 Å². The van der Waals surface area contributed by atoms with Crippen LogP contribution in [0, 0.1) is 17.8 Å². The molecule has 4 aliphatic rings. The summed E-state index contributed by atoms with van der Waals surface area (Å²) in [4.78, 5) is 118. The van der Waals surface area contributed by atoms with Gasteiger partial charge in [-0.15, -0.1) is 0 Å². The molecule has 86 heavy (non-hydrogen) atoms. The van der Waals surface area contributed by atoms with Crippen molar-refractivity contribution < 1.29 is 48.6 Å². The normalized spacial score (nSPS) is 20.1. The summed E-state index contributed by atoms with van der Waals surface area (Å²) in [7, 11) is 1.69. The fourth-order valence-electron chi connectivity index (χ4n) is 12.6. The fraction of sp³-hybridized carbons (Fsp3) is 0.522. The molecule has 1 unspecified atom stereocenters. The Labute approximate surface area is 506 Å². The quantitative estimate of drug-likeness (QED) is 0.0453. The van der Waals surface area contributed by atoms with Crippen molar-refractivity contribution in [3.05, 3.63) is 131 Å². The number of nitrogens with zero attached hydrogens (tertiary/aromatic N) is 4. The first-order valence-electron chi connectivity index (χ1n) is 31.2. The highest BCUT2D eigenvalue weighted by Crippen LogP contribution is 2.33. The number of aliphatic hydroxyl groups excluding tert-OH is 2. The number of likely N-dealkylation sites (tertiary alicyclic amines) is 2. The molecular weight excluding hydrogens is 1090 g/mol. The number of aliphatic hydroxyl groups is 2. The van der Waals surface area contributed by atoms with Gasteiger partial charge in [-0.1, -0.05) is 137 Å². The Morgan fingerprint density at radius 3 is 1.49 bits per heavy atom. The predicted octanol–water partition coefficient (Wildman–Crippen LogP) is 5.23. The zero-order chi connectivity index (χ0) is 61.3. The Kier molecular flexibility index (Phi) is 23.4. The number of hydrogen-bond donors (Lipinski definition) is 7. The minimum absolute atomic E-state index is 0.0322. The zero-order valence-electron chi connectivity index (χ0n) is 50.5. The van der Waals surface area contributed by atoms with Crippen molar-refractivity contribution in [3.8, 4) is 11.1 Å². The second-order valence-electron chi connectivity index (χ2n) is 24.1. The highest BCUT2D eigenvalue weighted by molar-refractivity contribution is 5.98. The summed E-state index contributed by atoms with van der Waals surface area (Å²) in [6.07, 6.45) is 7.67. The van der Waals surface area contributed by atoms with Crippen LogP contribution in [0.25, 0.3) is 11.1 Å². The third-order valence-corrected chi connectivity index (χ3v) is 18.0. The van der Waals surface area contributed by atoms with E-state index in [9.17, 15) is 48.6 Å². The molecule has 2 saturated heterocycles. The van der Waals surface area contributed by atoms with Crippen LogP contribution in [-0.4, -0.2) is 172 Å². The molecule has 19 heteroatoms. The van der Waals surface area contributed by atoms with E-state index in [-0.39, 0.29) is 93.0 Å². The topological polar surface area (TPSA) is 250 Å². The highest BCUT2D eigenvalue weighted by Gasteiger charge is 2.46. The van der Waals surface area contributed by atoms with Gasteiger partial charge >= 0.3 is 0 Å². The summed E-state index contributed by atoms with van der Waals surface area (Å²) in [5, 5.41) is 37.5. The van der Waals surface area contributed by atoms with Crippen LogP contribution in [-0.2, 0) is 41.6 Å². The van der Waals surface area contributed by atoms with Gasteiger partial charge in [-0.05, 0) is 124 Å². The van der Waals surface area contributed by atoms with Crippen LogP contribution < -0.4 is 26.6 Å². The van der Waals surface area contributed by atoms with E-state index < -0.39 is 66.8 Å². The lowest BCUT2D eigenvalue weighted by Gasteiger charge is -2.40. The Bertz CT molecular complexity index is 2920. The second kappa shape index (κ2) is 31.2. The van der Waals surface area contributed by atoms with Crippen molar-refractivity contribution in [2.45, 2.75) is 153 Å². The Morgan fingerprint density at radius 1 is 0.535 bits per heavy atom. The Morgan fingerprint density at radius 2 is 0.988 bits per heavy atom. The lowest BCUT2D eigenvalue weighted by atomic mass is 9.83. The SMILES string of the molecule is CN[C@@H](C)C(=O)N[C@H](C(=O)N1CC[C@H](O)[C@H]1CN(CCc1ccccc1)C(=O)CNC(=O)c1ccc(-c2ccc(C(=O)NCC(=O)N(CCc3ccccc3)C3[C@@H](O)CCN3C(=O)[C@@H](NC(=O)C(C)C)C3CCCCC3)cc2)cc1)C1CCCCC1. The summed E-state index contributed by atoms with van der Waals surface area (Å²) in [5.41, 5.74) is 4.05. The molecule has 2 aliphatic carbocycles. The van der Waals surface area contributed by atoms with Crippen LogP contribution in [0.15, 0.2) is 109 Å². The van der Waals surface area contributed by atoms with Gasteiger partial charge in [0.25, 0.3) is 11.8 Å². The Hall–Kier alpha value is -7.48. The third kappa shape index (κ3) is 16.9. The summed E-state index contributed by atoms with van der Waals surface area (Å²) < 4.78 is 0. The van der Waals surface area contributed by atoms with Gasteiger partial charge in [0.1, 0.15) is 18.2 Å². The number of rotatable bonds is 25. The van der Waals surface area contributed by atoms with Crippen LogP contribution in [0.4, 0.5) is 0 Å². The molecule has 7 N–H and O–H groups in total. The molecule has 2 heterocycles. The van der Waals surface area contributed by atoms with Gasteiger partial charge in [0.05, 0.1) is 37.4 Å². The molecule has 0 aromatic heterocycles. The van der Waals surface area contributed by atoms with E-state index in [1.165, 1.54) is 4.90 Å². The molecule has 2 aliphatic heterocycles. The van der Waals surface area contributed by atoms with Crippen LogP contribution in [0.5, 0.6) is 0 Å². The van der Waals surface area contributed by atoms with Crippen molar-refractivity contribution >= 4 is 47.3 Å². The van der Waals surface area contributed by atoms with E-state index in [2.05, 4.69) is 26.6 Å². The fourth-order valence-corrected chi connectivity index (χ4v) is 12.6. The average Bonchev–Trinajstić information content (AvgIpc) is 2.24.